The van der Waals surface area contributed by atoms with Gasteiger partial charge in [-0.1, -0.05) is 73.6 Å². The van der Waals surface area contributed by atoms with Gasteiger partial charge in [-0.15, -0.1) is 0 Å². The predicted octanol–water partition coefficient (Wildman–Crippen LogP) is 7.43. The molecule has 1 fully saturated rings. The quantitative estimate of drug-likeness (QED) is 0.202. The molecule has 1 aliphatic heterocycles. The zero-order valence-corrected chi connectivity index (χ0v) is 25.4. The number of rotatable bonds is 7. The number of allylic oxidation sites excluding steroid dienone is 1. The van der Waals surface area contributed by atoms with Gasteiger partial charge < -0.3 is 13.3 Å². The van der Waals surface area contributed by atoms with E-state index >= 15 is 0 Å². The van der Waals surface area contributed by atoms with E-state index in [0.29, 0.717) is 11.3 Å². The molecule has 7 nitrogen and oxygen atoms in total. The molecule has 39 heavy (non-hydrogen) atoms. The van der Waals surface area contributed by atoms with Gasteiger partial charge in [0.05, 0.1) is 5.69 Å². The fourth-order valence-electron chi connectivity index (χ4n) is 7.74. The summed E-state index contributed by atoms with van der Waals surface area (Å²) >= 11 is 0. The second-order valence-electron chi connectivity index (χ2n) is 12.3. The molecule has 4 rings (SSSR count). The van der Waals surface area contributed by atoms with Crippen molar-refractivity contribution in [3.63, 3.8) is 0 Å². The predicted molar refractivity (Wildman–Crippen MR) is 144 cm³/mol. The second kappa shape index (κ2) is 9.51. The van der Waals surface area contributed by atoms with Crippen LogP contribution in [-0.4, -0.2) is 34.4 Å². The zero-order valence-electron chi connectivity index (χ0n) is 23.5. The Morgan fingerprint density at radius 3 is 2.15 bits per heavy atom. The highest BCUT2D eigenvalue weighted by molar-refractivity contribution is 7.87. The summed E-state index contributed by atoms with van der Waals surface area (Å²) < 4.78 is 83.0. The SMILES string of the molecule is CC(C)[Si](O[C@H]1C(OS(=O)(=O)C(F)(F)F)=CC[C@H]2[C@@H]1[C@@]1(OC(=O)Nc3ccccc31)C2(C)C)(C(C)C)C(C)C. The van der Waals surface area contributed by atoms with E-state index in [1.807, 2.05) is 61.5 Å². The molecule has 3 aliphatic rings. The molecule has 1 spiro atoms. The van der Waals surface area contributed by atoms with Crippen molar-refractivity contribution in [2.24, 2.45) is 17.3 Å². The van der Waals surface area contributed by atoms with Crippen molar-refractivity contribution in [3.8, 4) is 0 Å². The van der Waals surface area contributed by atoms with E-state index in [4.69, 9.17) is 13.3 Å². The van der Waals surface area contributed by atoms with Gasteiger partial charge in [-0.05, 0) is 41.1 Å². The molecule has 4 atom stereocenters. The number of halogens is 3. The van der Waals surface area contributed by atoms with Crippen LogP contribution in [0.1, 0.15) is 67.4 Å². The van der Waals surface area contributed by atoms with Crippen LogP contribution in [0.25, 0.3) is 0 Å². The van der Waals surface area contributed by atoms with Gasteiger partial charge in [-0.3, -0.25) is 5.32 Å². The minimum Gasteiger partial charge on any atom is -0.437 e. The highest BCUT2D eigenvalue weighted by Crippen LogP contribution is 2.72. The first-order valence-electron chi connectivity index (χ1n) is 13.3. The summed E-state index contributed by atoms with van der Waals surface area (Å²) in [6.45, 7) is 16.1. The van der Waals surface area contributed by atoms with E-state index in [1.165, 1.54) is 6.08 Å². The van der Waals surface area contributed by atoms with Gasteiger partial charge in [0.15, 0.2) is 5.60 Å². The fraction of sp³-hybridized carbons (Fsp3) is 0.667. The molecule has 0 saturated heterocycles. The lowest BCUT2D eigenvalue weighted by Gasteiger charge is -2.69. The van der Waals surface area contributed by atoms with Crippen LogP contribution in [0, 0.1) is 17.3 Å². The van der Waals surface area contributed by atoms with E-state index in [1.54, 1.807) is 18.2 Å². The van der Waals surface area contributed by atoms with Crippen LogP contribution >= 0.6 is 0 Å². The smallest absolute Gasteiger partial charge is 0.437 e. The first kappa shape index (κ1) is 29.9. The minimum atomic E-state index is -5.96. The Balaban J connectivity index is 1.95. The van der Waals surface area contributed by atoms with Crippen LogP contribution < -0.4 is 5.32 Å². The van der Waals surface area contributed by atoms with Gasteiger partial charge in [0.1, 0.15) is 11.9 Å². The topological polar surface area (TPSA) is 90.9 Å². The molecule has 1 amide bonds. The molecule has 0 bridgehead atoms. The van der Waals surface area contributed by atoms with Gasteiger partial charge in [-0.2, -0.15) is 21.6 Å². The van der Waals surface area contributed by atoms with Crippen molar-refractivity contribution >= 4 is 30.2 Å². The average Bonchev–Trinajstić information content (AvgIpc) is 2.80. The molecule has 1 heterocycles. The Hall–Kier alpha value is -2.05. The molecule has 1 saturated carbocycles. The van der Waals surface area contributed by atoms with Crippen LogP contribution in [-0.2, 0) is 29.1 Å². The largest absolute Gasteiger partial charge is 0.534 e. The Kier molecular flexibility index (Phi) is 7.29. The van der Waals surface area contributed by atoms with Gasteiger partial charge in [0, 0.05) is 16.9 Å². The Morgan fingerprint density at radius 1 is 1.05 bits per heavy atom. The number of para-hydroxylation sites is 1. The zero-order chi connectivity index (χ0) is 29.3. The standard InChI is InChI=1S/C27H38F3NO6SSi/c1-15(2)39(16(3)4,17(5)6)37-23-21(36-38(33,34)27(28,29)30)14-13-19-22(23)26(25(19,7)8)18-11-9-10-12-20(18)31-24(32)35-26/h9-12,14-17,19,22-23H,13H2,1-8H3,(H,31,32)/t19-,22-,23-,26+/m0/s1. The molecule has 0 aromatic heterocycles. The summed E-state index contributed by atoms with van der Waals surface area (Å²) in [6, 6.07) is 7.15. The Labute approximate surface area is 229 Å². The normalized spacial score (nSPS) is 28.4. The third-order valence-electron chi connectivity index (χ3n) is 9.31. The lowest BCUT2D eigenvalue weighted by Crippen LogP contribution is -2.74. The summed E-state index contributed by atoms with van der Waals surface area (Å²) in [4.78, 5) is 12.9. The molecular weight excluding hydrogens is 551 g/mol. The number of amides is 1. The van der Waals surface area contributed by atoms with E-state index in [0.717, 1.165) is 0 Å². The highest BCUT2D eigenvalue weighted by atomic mass is 32.2. The highest BCUT2D eigenvalue weighted by Gasteiger charge is 2.76. The number of fused-ring (bicyclic) bond motifs is 4. The molecule has 1 N–H and O–H groups in total. The summed E-state index contributed by atoms with van der Waals surface area (Å²) in [5, 5.41) is 2.72. The minimum absolute atomic E-state index is 0.0465. The molecule has 1 aromatic rings. The van der Waals surface area contributed by atoms with E-state index in [9.17, 15) is 26.4 Å². The molecule has 12 heteroatoms. The van der Waals surface area contributed by atoms with Crippen LogP contribution in [0.5, 0.6) is 0 Å². The Bertz CT molecular complexity index is 1250. The molecular formula is C27H38F3NO6SSi. The molecule has 0 radical (unpaired) electrons. The lowest BCUT2D eigenvalue weighted by atomic mass is 9.40. The van der Waals surface area contributed by atoms with Crippen molar-refractivity contribution in [2.45, 2.75) is 95.6 Å². The van der Waals surface area contributed by atoms with Crippen LogP contribution in [0.15, 0.2) is 36.1 Å². The van der Waals surface area contributed by atoms with Crippen molar-refractivity contribution in [1.29, 1.82) is 0 Å². The summed E-state index contributed by atoms with van der Waals surface area (Å²) in [7, 11) is -8.76. The second-order valence-corrected chi connectivity index (χ2v) is 19.3. The maximum Gasteiger partial charge on any atom is 0.534 e. The fourth-order valence-corrected chi connectivity index (χ4v) is 13.8. The monoisotopic (exact) mass is 589 g/mol. The molecule has 2 aliphatic carbocycles. The first-order valence-corrected chi connectivity index (χ1v) is 16.9. The van der Waals surface area contributed by atoms with E-state index < -0.39 is 58.8 Å². The van der Waals surface area contributed by atoms with Gasteiger partial charge >= 0.3 is 21.7 Å². The number of hydrogen-bond donors (Lipinski definition) is 1. The number of anilines is 1. The van der Waals surface area contributed by atoms with E-state index in [-0.39, 0.29) is 29.0 Å². The van der Waals surface area contributed by atoms with Gasteiger partial charge in [0.25, 0.3) is 0 Å². The summed E-state index contributed by atoms with van der Waals surface area (Å²) in [6.07, 6.45) is -0.196. The molecule has 1 aromatic carbocycles. The average molecular weight is 590 g/mol. The molecule has 218 valence electrons. The lowest BCUT2D eigenvalue weighted by molar-refractivity contribution is -0.280. The van der Waals surface area contributed by atoms with Gasteiger partial charge in [0.2, 0.25) is 8.32 Å². The Morgan fingerprint density at radius 2 is 1.62 bits per heavy atom. The third kappa shape index (κ3) is 4.23. The number of alkyl halides is 3. The number of benzene rings is 1. The van der Waals surface area contributed by atoms with Crippen LogP contribution in [0.2, 0.25) is 16.6 Å². The number of carbonyl (C=O) groups excluding carboxylic acids is 1. The van der Waals surface area contributed by atoms with Crippen LogP contribution in [0.3, 0.4) is 0 Å². The number of nitrogens with one attached hydrogen (secondary N) is 1. The van der Waals surface area contributed by atoms with Gasteiger partial charge in [-0.25, -0.2) is 4.79 Å². The van der Waals surface area contributed by atoms with Crippen molar-refractivity contribution < 1.29 is 39.7 Å². The number of carbonyl (C=O) groups is 1. The third-order valence-corrected chi connectivity index (χ3v) is 16.4. The maximum absolute atomic E-state index is 13.5. The number of hydrogen-bond acceptors (Lipinski definition) is 6. The van der Waals surface area contributed by atoms with Crippen molar-refractivity contribution in [1.82, 2.24) is 0 Å². The number of ether oxygens (including phenoxy) is 1. The molecule has 0 unspecified atom stereocenters. The summed E-state index contributed by atoms with van der Waals surface area (Å²) in [5.74, 6) is -1.25. The van der Waals surface area contributed by atoms with Crippen LogP contribution in [0.4, 0.5) is 23.7 Å². The first-order chi connectivity index (χ1) is 17.8. The van der Waals surface area contributed by atoms with Crippen molar-refractivity contribution in [2.75, 3.05) is 5.32 Å². The van der Waals surface area contributed by atoms with E-state index in [2.05, 4.69) is 5.32 Å². The maximum atomic E-state index is 13.5. The summed E-state index contributed by atoms with van der Waals surface area (Å²) in [5.41, 5.74) is -6.18. The van der Waals surface area contributed by atoms with Crippen molar-refractivity contribution in [3.05, 3.63) is 41.7 Å².